The highest BCUT2D eigenvalue weighted by molar-refractivity contribution is 5.78. The van der Waals surface area contributed by atoms with Crippen LogP contribution >= 0.6 is 0 Å². The van der Waals surface area contributed by atoms with Crippen LogP contribution in [0.2, 0.25) is 0 Å². The van der Waals surface area contributed by atoms with E-state index in [0.29, 0.717) is 0 Å². The summed E-state index contributed by atoms with van der Waals surface area (Å²) in [5.41, 5.74) is 1.87. The molecule has 12 heavy (non-hydrogen) atoms. The summed E-state index contributed by atoms with van der Waals surface area (Å²) in [5, 5.41) is 12.0. The fourth-order valence-corrected chi connectivity index (χ4v) is 0.440. The molecular weight excluding hydrogens is 164 g/mol. The lowest BCUT2D eigenvalue weighted by Gasteiger charge is -1.73. The number of rotatable bonds is 0. The third-order valence-corrected chi connectivity index (χ3v) is 0.886. The molecule has 64 valence electrons. The molecule has 8 nitrogen and oxygen atoms in total. The van der Waals surface area contributed by atoms with Crippen LogP contribution in [0.25, 0.3) is 0 Å². The van der Waals surface area contributed by atoms with Crippen LogP contribution in [-0.2, 0) is 4.79 Å². The summed E-state index contributed by atoms with van der Waals surface area (Å²) in [5.74, 6) is -0.130. The highest BCUT2D eigenvalue weighted by atomic mass is 16.2. The van der Waals surface area contributed by atoms with E-state index >= 15 is 0 Å². The Morgan fingerprint density at radius 3 is 2.42 bits per heavy atom. The number of hydrogen-bond donors (Lipinski definition) is 3. The fraction of sp³-hybridized carbons (Fsp3) is 0.250. The normalized spacial score (nSPS) is 13.5. The van der Waals surface area contributed by atoms with Crippen LogP contribution in [0.5, 0.6) is 0 Å². The minimum absolute atomic E-state index is 0.130. The van der Waals surface area contributed by atoms with Crippen LogP contribution < -0.4 is 11.1 Å². The van der Waals surface area contributed by atoms with Gasteiger partial charge in [-0.15, -0.1) is 0 Å². The predicted octanol–water partition coefficient (Wildman–Crippen LogP) is -1.42. The molecule has 0 saturated heterocycles. The summed E-state index contributed by atoms with van der Waals surface area (Å²) < 4.78 is 0. The van der Waals surface area contributed by atoms with Gasteiger partial charge in [-0.05, 0) is 0 Å². The maximum atomic E-state index is 9.94. The Hall–Kier alpha value is -1.99. The standard InChI is InChI=1S/2C2H3N3O/c6-2-3-1-4-5-2;6-2-1-3-5-4-2/h1H,(H2,3,4,5,6);1H2,(H,3,4,6). The van der Waals surface area contributed by atoms with Crippen molar-refractivity contribution in [3.05, 3.63) is 16.8 Å². The maximum absolute atomic E-state index is 9.94. The van der Waals surface area contributed by atoms with Crippen LogP contribution in [0, 0.1) is 0 Å². The average molecular weight is 170 g/mol. The van der Waals surface area contributed by atoms with E-state index in [9.17, 15) is 9.59 Å². The minimum atomic E-state index is -0.269. The zero-order valence-corrected chi connectivity index (χ0v) is 5.94. The predicted molar refractivity (Wildman–Crippen MR) is 37.1 cm³/mol. The van der Waals surface area contributed by atoms with Crippen molar-refractivity contribution in [2.75, 3.05) is 6.54 Å². The Labute approximate surface area is 66.1 Å². The summed E-state index contributed by atoms with van der Waals surface area (Å²) >= 11 is 0. The van der Waals surface area contributed by atoms with Gasteiger partial charge in [-0.1, -0.05) is 5.22 Å². The topological polar surface area (TPSA) is 115 Å². The number of carbonyl (C=O) groups is 1. The molecule has 2 heterocycles. The molecule has 0 fully saturated rings. The van der Waals surface area contributed by atoms with E-state index in [1.807, 2.05) is 0 Å². The lowest BCUT2D eigenvalue weighted by Crippen LogP contribution is -2.11. The van der Waals surface area contributed by atoms with Crippen molar-refractivity contribution >= 4 is 5.91 Å². The second-order valence-electron chi connectivity index (χ2n) is 1.78. The van der Waals surface area contributed by atoms with Crippen molar-refractivity contribution in [1.29, 1.82) is 0 Å². The zero-order valence-electron chi connectivity index (χ0n) is 5.94. The fourth-order valence-electron chi connectivity index (χ4n) is 0.440. The highest BCUT2D eigenvalue weighted by Gasteiger charge is 2.00. The Morgan fingerprint density at radius 1 is 1.42 bits per heavy atom. The van der Waals surface area contributed by atoms with E-state index in [2.05, 4.69) is 30.9 Å². The SMILES string of the molecule is O=C1CN=NN1.O=c1[nH]cn[nH]1. The van der Waals surface area contributed by atoms with E-state index in [-0.39, 0.29) is 18.1 Å². The van der Waals surface area contributed by atoms with Crippen molar-refractivity contribution in [1.82, 2.24) is 20.6 Å². The average Bonchev–Trinajstić information content (AvgIpc) is 2.63. The van der Waals surface area contributed by atoms with Crippen LogP contribution in [0.1, 0.15) is 0 Å². The molecule has 0 unspecified atom stereocenters. The van der Waals surface area contributed by atoms with E-state index in [1.54, 1.807) is 0 Å². The van der Waals surface area contributed by atoms with E-state index < -0.39 is 0 Å². The van der Waals surface area contributed by atoms with Gasteiger partial charge in [-0.3, -0.25) is 9.78 Å². The summed E-state index contributed by atoms with van der Waals surface area (Å²) in [6.45, 7) is 0.194. The van der Waals surface area contributed by atoms with Crippen LogP contribution in [0.15, 0.2) is 21.5 Å². The van der Waals surface area contributed by atoms with Crippen LogP contribution in [0.4, 0.5) is 0 Å². The molecule has 2 rings (SSSR count). The number of carbonyl (C=O) groups excluding carboxylic acids is 1. The summed E-state index contributed by atoms with van der Waals surface area (Å²) in [6, 6.07) is 0. The zero-order chi connectivity index (χ0) is 8.81. The molecular formula is C4H6N6O2. The Bertz CT molecular complexity index is 298. The Balaban J connectivity index is 0.000000120. The molecule has 1 amide bonds. The van der Waals surface area contributed by atoms with Crippen molar-refractivity contribution in [2.24, 2.45) is 10.3 Å². The lowest BCUT2D eigenvalue weighted by atomic mass is 10.7. The number of amides is 1. The molecule has 1 aliphatic heterocycles. The number of hydrogen-bond acceptors (Lipinski definition) is 5. The minimum Gasteiger partial charge on any atom is -0.296 e. The lowest BCUT2D eigenvalue weighted by molar-refractivity contribution is -0.118. The molecule has 0 aliphatic carbocycles. The second-order valence-corrected chi connectivity index (χ2v) is 1.78. The summed E-state index contributed by atoms with van der Waals surface area (Å²) in [6.07, 6.45) is 1.29. The maximum Gasteiger partial charge on any atom is 0.340 e. The van der Waals surface area contributed by atoms with Gasteiger partial charge in [0.15, 0.2) is 0 Å². The third-order valence-electron chi connectivity index (χ3n) is 0.886. The van der Waals surface area contributed by atoms with Gasteiger partial charge < -0.3 is 0 Å². The van der Waals surface area contributed by atoms with Gasteiger partial charge in [-0.25, -0.2) is 15.3 Å². The first-order valence-electron chi connectivity index (χ1n) is 3.02. The molecule has 0 spiro atoms. The van der Waals surface area contributed by atoms with Gasteiger partial charge in [0.05, 0.1) is 0 Å². The first-order valence-corrected chi connectivity index (χ1v) is 3.02. The highest BCUT2D eigenvalue weighted by Crippen LogP contribution is 1.79. The smallest absolute Gasteiger partial charge is 0.296 e. The number of aromatic nitrogens is 3. The van der Waals surface area contributed by atoms with Crippen molar-refractivity contribution in [3.8, 4) is 0 Å². The van der Waals surface area contributed by atoms with Gasteiger partial charge in [0.25, 0.3) is 5.91 Å². The molecule has 1 aliphatic rings. The van der Waals surface area contributed by atoms with Crippen molar-refractivity contribution in [2.45, 2.75) is 0 Å². The molecule has 0 bridgehead atoms. The van der Waals surface area contributed by atoms with Gasteiger partial charge in [0.1, 0.15) is 12.9 Å². The largest absolute Gasteiger partial charge is 0.340 e. The molecule has 8 heteroatoms. The van der Waals surface area contributed by atoms with Gasteiger partial charge in [0.2, 0.25) is 0 Å². The van der Waals surface area contributed by atoms with Crippen molar-refractivity contribution < 1.29 is 4.79 Å². The summed E-state index contributed by atoms with van der Waals surface area (Å²) in [4.78, 5) is 22.1. The van der Waals surface area contributed by atoms with E-state index in [4.69, 9.17) is 0 Å². The first kappa shape index (κ1) is 8.11. The number of aromatic amines is 2. The quantitative estimate of drug-likeness (QED) is 0.443. The molecule has 3 N–H and O–H groups in total. The molecule has 0 aromatic carbocycles. The Morgan fingerprint density at radius 2 is 2.25 bits per heavy atom. The molecule has 1 aromatic heterocycles. The van der Waals surface area contributed by atoms with E-state index in [1.165, 1.54) is 6.33 Å². The Kier molecular flexibility index (Phi) is 2.71. The first-order chi connectivity index (χ1) is 5.79. The van der Waals surface area contributed by atoms with Crippen LogP contribution in [-0.4, -0.2) is 27.6 Å². The van der Waals surface area contributed by atoms with Gasteiger partial charge in [0, 0.05) is 0 Å². The van der Waals surface area contributed by atoms with Crippen molar-refractivity contribution in [3.63, 3.8) is 0 Å². The molecule has 0 atom stereocenters. The number of nitrogens with zero attached hydrogens (tertiary/aromatic N) is 3. The third kappa shape index (κ3) is 2.73. The molecule has 0 radical (unpaired) electrons. The van der Waals surface area contributed by atoms with Gasteiger partial charge >= 0.3 is 5.69 Å². The number of H-pyrrole nitrogens is 2. The van der Waals surface area contributed by atoms with Gasteiger partial charge in [-0.2, -0.15) is 10.2 Å². The number of nitrogens with one attached hydrogen (secondary N) is 3. The van der Waals surface area contributed by atoms with E-state index in [0.717, 1.165) is 0 Å². The molecule has 1 aromatic rings. The molecule has 0 saturated carbocycles. The summed E-state index contributed by atoms with van der Waals surface area (Å²) in [7, 11) is 0. The monoisotopic (exact) mass is 170 g/mol. The van der Waals surface area contributed by atoms with Crippen LogP contribution in [0.3, 0.4) is 0 Å². The second kappa shape index (κ2) is 4.01.